The molecule has 1 aromatic carbocycles. The largest absolute Gasteiger partial charge is 0.372 e. The van der Waals surface area contributed by atoms with E-state index >= 15 is 0 Å². The fourth-order valence-corrected chi connectivity index (χ4v) is 1.72. The number of nitrogens with zero attached hydrogens (tertiary/aromatic N) is 2. The van der Waals surface area contributed by atoms with Gasteiger partial charge in [-0.3, -0.25) is 4.79 Å². The van der Waals surface area contributed by atoms with Gasteiger partial charge in [-0.05, 0) is 30.2 Å². The molecule has 0 bridgehead atoms. The van der Waals surface area contributed by atoms with Gasteiger partial charge in [0.25, 0.3) is 5.91 Å². The lowest BCUT2D eigenvalue weighted by molar-refractivity contribution is 0.102. The Hall–Kier alpha value is -2.43. The van der Waals surface area contributed by atoms with E-state index < -0.39 is 0 Å². The lowest BCUT2D eigenvalue weighted by Crippen LogP contribution is -2.15. The van der Waals surface area contributed by atoms with Crippen LogP contribution in [0.3, 0.4) is 0 Å². The standard InChI is InChI=1S/C14H16N4O/c1-3-10-6-4-5-7-11(10)16-14(19)12-8-9-13(15-2)18-17-12/h4-9H,3H2,1-2H3,(H,15,18)(H,16,19). The summed E-state index contributed by atoms with van der Waals surface area (Å²) in [6, 6.07) is 11.1. The maximum atomic E-state index is 12.0. The molecule has 1 aromatic heterocycles. The second-order valence-electron chi connectivity index (χ2n) is 4.02. The number of amides is 1. The van der Waals surface area contributed by atoms with Crippen LogP contribution in [0.1, 0.15) is 23.0 Å². The minimum Gasteiger partial charge on any atom is -0.372 e. The monoisotopic (exact) mass is 256 g/mol. The van der Waals surface area contributed by atoms with Crippen molar-refractivity contribution in [1.29, 1.82) is 0 Å². The quantitative estimate of drug-likeness (QED) is 0.881. The normalized spacial score (nSPS) is 10.0. The summed E-state index contributed by atoms with van der Waals surface area (Å²) in [5, 5.41) is 13.5. The third-order valence-electron chi connectivity index (χ3n) is 2.80. The maximum absolute atomic E-state index is 12.0. The van der Waals surface area contributed by atoms with Crippen LogP contribution in [0.25, 0.3) is 0 Å². The lowest BCUT2D eigenvalue weighted by Gasteiger charge is -2.09. The number of para-hydroxylation sites is 1. The van der Waals surface area contributed by atoms with Crippen molar-refractivity contribution < 1.29 is 4.79 Å². The Bertz CT molecular complexity index is 566. The highest BCUT2D eigenvalue weighted by Gasteiger charge is 2.10. The van der Waals surface area contributed by atoms with E-state index in [2.05, 4.69) is 20.8 Å². The first kappa shape index (κ1) is 13.0. The number of benzene rings is 1. The molecule has 2 rings (SSSR count). The first-order valence-corrected chi connectivity index (χ1v) is 6.15. The SMILES string of the molecule is CCc1ccccc1NC(=O)c1ccc(NC)nn1. The van der Waals surface area contributed by atoms with Crippen molar-refractivity contribution in [3.8, 4) is 0 Å². The number of rotatable bonds is 4. The van der Waals surface area contributed by atoms with Gasteiger partial charge in [-0.15, -0.1) is 10.2 Å². The second kappa shape index (κ2) is 5.95. The molecule has 0 unspecified atom stereocenters. The second-order valence-corrected chi connectivity index (χ2v) is 4.02. The van der Waals surface area contributed by atoms with Gasteiger partial charge in [-0.25, -0.2) is 0 Å². The predicted molar refractivity (Wildman–Crippen MR) is 75.4 cm³/mol. The number of hydrogen-bond acceptors (Lipinski definition) is 4. The van der Waals surface area contributed by atoms with E-state index in [1.807, 2.05) is 31.2 Å². The molecule has 98 valence electrons. The summed E-state index contributed by atoms with van der Waals surface area (Å²) in [4.78, 5) is 12.0. The van der Waals surface area contributed by atoms with Gasteiger partial charge in [0.1, 0.15) is 5.82 Å². The summed E-state index contributed by atoms with van der Waals surface area (Å²) >= 11 is 0. The fraction of sp³-hybridized carbons (Fsp3) is 0.214. The van der Waals surface area contributed by atoms with Crippen molar-refractivity contribution >= 4 is 17.4 Å². The van der Waals surface area contributed by atoms with E-state index in [4.69, 9.17) is 0 Å². The van der Waals surface area contributed by atoms with Crippen molar-refractivity contribution in [3.05, 3.63) is 47.7 Å². The molecule has 0 saturated carbocycles. The van der Waals surface area contributed by atoms with Crippen LogP contribution in [0.15, 0.2) is 36.4 Å². The zero-order valence-corrected chi connectivity index (χ0v) is 11.0. The first-order chi connectivity index (χ1) is 9.24. The molecular weight excluding hydrogens is 240 g/mol. The topological polar surface area (TPSA) is 66.9 Å². The summed E-state index contributed by atoms with van der Waals surface area (Å²) in [6.07, 6.45) is 0.862. The number of hydrogen-bond donors (Lipinski definition) is 2. The predicted octanol–water partition coefficient (Wildman–Crippen LogP) is 2.33. The van der Waals surface area contributed by atoms with Crippen molar-refractivity contribution in [2.24, 2.45) is 0 Å². The van der Waals surface area contributed by atoms with E-state index in [0.717, 1.165) is 17.7 Å². The van der Waals surface area contributed by atoms with Gasteiger partial charge in [0.2, 0.25) is 0 Å². The lowest BCUT2D eigenvalue weighted by atomic mass is 10.1. The van der Waals surface area contributed by atoms with Crippen molar-refractivity contribution in [2.45, 2.75) is 13.3 Å². The Morgan fingerprint density at radius 1 is 1.16 bits per heavy atom. The molecule has 0 saturated heterocycles. The number of nitrogens with one attached hydrogen (secondary N) is 2. The molecule has 2 N–H and O–H groups in total. The van der Waals surface area contributed by atoms with Crippen LogP contribution in [0, 0.1) is 0 Å². The Morgan fingerprint density at radius 3 is 2.58 bits per heavy atom. The van der Waals surface area contributed by atoms with Gasteiger partial charge in [-0.1, -0.05) is 25.1 Å². The van der Waals surface area contributed by atoms with E-state index in [1.54, 1.807) is 19.2 Å². The summed E-state index contributed by atoms with van der Waals surface area (Å²) in [6.45, 7) is 2.05. The summed E-state index contributed by atoms with van der Waals surface area (Å²) in [7, 11) is 1.75. The van der Waals surface area contributed by atoms with Gasteiger partial charge < -0.3 is 10.6 Å². The maximum Gasteiger partial charge on any atom is 0.276 e. The van der Waals surface area contributed by atoms with Crippen molar-refractivity contribution in [2.75, 3.05) is 17.7 Å². The van der Waals surface area contributed by atoms with Gasteiger partial charge in [0.05, 0.1) is 0 Å². The smallest absolute Gasteiger partial charge is 0.276 e. The van der Waals surface area contributed by atoms with Gasteiger partial charge in [0, 0.05) is 12.7 Å². The van der Waals surface area contributed by atoms with E-state index in [1.165, 1.54) is 0 Å². The van der Waals surface area contributed by atoms with Gasteiger partial charge in [0.15, 0.2) is 5.69 Å². The number of carbonyl (C=O) groups is 1. The van der Waals surface area contributed by atoms with Crippen LogP contribution < -0.4 is 10.6 Å². The Balaban J connectivity index is 2.16. The molecule has 0 fully saturated rings. The minimum atomic E-state index is -0.254. The zero-order valence-electron chi connectivity index (χ0n) is 11.0. The van der Waals surface area contributed by atoms with Crippen LogP contribution in [-0.2, 0) is 6.42 Å². The molecule has 0 spiro atoms. The molecule has 0 aliphatic heterocycles. The summed E-state index contributed by atoms with van der Waals surface area (Å²) in [5.74, 6) is 0.376. The molecule has 5 heteroatoms. The highest BCUT2D eigenvalue weighted by atomic mass is 16.1. The third-order valence-corrected chi connectivity index (χ3v) is 2.80. The summed E-state index contributed by atoms with van der Waals surface area (Å²) < 4.78 is 0. The minimum absolute atomic E-state index is 0.254. The number of carbonyl (C=O) groups excluding carboxylic acids is 1. The van der Waals surface area contributed by atoms with E-state index in [9.17, 15) is 4.79 Å². The first-order valence-electron chi connectivity index (χ1n) is 6.15. The molecule has 19 heavy (non-hydrogen) atoms. The number of anilines is 2. The molecule has 2 aromatic rings. The molecular formula is C14H16N4O. The van der Waals surface area contributed by atoms with E-state index in [0.29, 0.717) is 11.5 Å². The van der Waals surface area contributed by atoms with Crippen LogP contribution in [0.5, 0.6) is 0 Å². The number of aryl methyl sites for hydroxylation is 1. The molecule has 0 atom stereocenters. The van der Waals surface area contributed by atoms with Crippen LogP contribution in [0.2, 0.25) is 0 Å². The Kier molecular flexibility index (Phi) is 4.07. The van der Waals surface area contributed by atoms with Gasteiger partial charge >= 0.3 is 0 Å². The fourth-order valence-electron chi connectivity index (χ4n) is 1.72. The molecule has 1 heterocycles. The third kappa shape index (κ3) is 3.07. The molecule has 0 radical (unpaired) electrons. The average molecular weight is 256 g/mol. The van der Waals surface area contributed by atoms with Crippen LogP contribution >= 0.6 is 0 Å². The highest BCUT2D eigenvalue weighted by molar-refractivity contribution is 6.03. The summed E-state index contributed by atoms with van der Waals surface area (Å²) in [5.41, 5.74) is 2.20. The Morgan fingerprint density at radius 2 is 1.95 bits per heavy atom. The van der Waals surface area contributed by atoms with Gasteiger partial charge in [-0.2, -0.15) is 0 Å². The molecule has 0 aliphatic rings. The highest BCUT2D eigenvalue weighted by Crippen LogP contribution is 2.16. The van der Waals surface area contributed by atoms with Crippen LogP contribution in [0.4, 0.5) is 11.5 Å². The molecule has 1 amide bonds. The van der Waals surface area contributed by atoms with Crippen LogP contribution in [-0.4, -0.2) is 23.2 Å². The number of aromatic nitrogens is 2. The molecule has 5 nitrogen and oxygen atoms in total. The van der Waals surface area contributed by atoms with Crippen molar-refractivity contribution in [3.63, 3.8) is 0 Å². The Labute approximate surface area is 112 Å². The average Bonchev–Trinajstić information content (AvgIpc) is 2.48. The zero-order chi connectivity index (χ0) is 13.7. The van der Waals surface area contributed by atoms with Crippen molar-refractivity contribution in [1.82, 2.24) is 10.2 Å². The molecule has 0 aliphatic carbocycles. The van der Waals surface area contributed by atoms with E-state index in [-0.39, 0.29) is 5.91 Å².